The number of hydroxylamine groups is 1. The van der Waals surface area contributed by atoms with Crippen molar-refractivity contribution in [2.75, 3.05) is 0 Å². The monoisotopic (exact) mass is 420 g/mol. The maximum atomic E-state index is 12.9. The van der Waals surface area contributed by atoms with Gasteiger partial charge in [0.15, 0.2) is 0 Å². The molecule has 3 atom stereocenters. The van der Waals surface area contributed by atoms with E-state index in [4.69, 9.17) is 9.94 Å². The quantitative estimate of drug-likeness (QED) is 0.260. The Bertz CT molecular complexity index is 703. The van der Waals surface area contributed by atoms with E-state index in [-0.39, 0.29) is 24.9 Å². The van der Waals surface area contributed by atoms with Crippen molar-refractivity contribution in [3.05, 3.63) is 35.9 Å². The van der Waals surface area contributed by atoms with Crippen LogP contribution in [0.4, 0.5) is 0 Å². The summed E-state index contributed by atoms with van der Waals surface area (Å²) >= 11 is 0. The van der Waals surface area contributed by atoms with E-state index in [0.29, 0.717) is 0 Å². The van der Waals surface area contributed by atoms with Gasteiger partial charge in [0.1, 0.15) is 18.2 Å². The Hall–Kier alpha value is -2.45. The van der Waals surface area contributed by atoms with Crippen molar-refractivity contribution in [2.24, 2.45) is 11.8 Å². The van der Waals surface area contributed by atoms with Crippen molar-refractivity contribution in [1.29, 1.82) is 0 Å². The fourth-order valence-electron chi connectivity index (χ4n) is 3.71. The predicted octanol–water partition coefficient (Wildman–Crippen LogP) is 1.73. The zero-order chi connectivity index (χ0) is 22.1. The molecule has 1 aromatic carbocycles. The van der Waals surface area contributed by atoms with Gasteiger partial charge in [0.2, 0.25) is 5.91 Å². The molecule has 2 amide bonds. The molecule has 0 bridgehead atoms. The first-order chi connectivity index (χ1) is 14.3. The van der Waals surface area contributed by atoms with Crippen LogP contribution in [0.2, 0.25) is 0 Å². The third-order valence-corrected chi connectivity index (χ3v) is 5.29. The smallest absolute Gasteiger partial charge is 0.329 e. The minimum Gasteiger partial charge on any atom is -0.461 e. The lowest BCUT2D eigenvalue weighted by Gasteiger charge is -2.26. The third kappa shape index (κ3) is 7.11. The first-order valence-electron chi connectivity index (χ1n) is 10.5. The average Bonchev–Trinajstić information content (AvgIpc) is 3.23. The summed E-state index contributed by atoms with van der Waals surface area (Å²) in [4.78, 5) is 37.5. The van der Waals surface area contributed by atoms with E-state index >= 15 is 0 Å². The summed E-state index contributed by atoms with van der Waals surface area (Å²) in [7, 11) is 0. The molecular formula is C22H32N2O6. The zero-order valence-corrected chi connectivity index (χ0v) is 17.5. The molecule has 166 valence electrons. The van der Waals surface area contributed by atoms with Crippen LogP contribution in [-0.4, -0.2) is 46.3 Å². The number of nitrogens with one attached hydrogen (secondary N) is 2. The molecule has 0 radical (unpaired) electrons. The molecule has 0 heterocycles. The van der Waals surface area contributed by atoms with E-state index in [9.17, 15) is 19.5 Å². The van der Waals surface area contributed by atoms with Gasteiger partial charge >= 0.3 is 5.97 Å². The molecule has 8 heteroatoms. The molecule has 8 nitrogen and oxygen atoms in total. The van der Waals surface area contributed by atoms with Crippen LogP contribution in [0.5, 0.6) is 0 Å². The second-order valence-electron chi connectivity index (χ2n) is 8.25. The number of ether oxygens (including phenoxy) is 1. The Balaban J connectivity index is 2.16. The van der Waals surface area contributed by atoms with Gasteiger partial charge in [-0.05, 0) is 43.6 Å². The highest BCUT2D eigenvalue weighted by Crippen LogP contribution is 2.22. The molecule has 1 aliphatic carbocycles. The summed E-state index contributed by atoms with van der Waals surface area (Å²) in [5, 5.41) is 21.7. The minimum atomic E-state index is -1.74. The second kappa shape index (κ2) is 11.7. The fraction of sp³-hybridized carbons (Fsp3) is 0.591. The number of hydrogen-bond donors (Lipinski definition) is 4. The molecule has 1 fully saturated rings. The molecule has 1 aliphatic rings. The first kappa shape index (κ1) is 23.8. The van der Waals surface area contributed by atoms with Crippen molar-refractivity contribution in [3.63, 3.8) is 0 Å². The Labute approximate surface area is 177 Å². The minimum absolute atomic E-state index is 0.0000865. The Kier molecular flexibility index (Phi) is 9.26. The van der Waals surface area contributed by atoms with Crippen LogP contribution in [-0.2, 0) is 25.5 Å². The lowest BCUT2D eigenvalue weighted by Crippen LogP contribution is -2.51. The molecule has 3 unspecified atom stereocenters. The van der Waals surface area contributed by atoms with Gasteiger partial charge in [0, 0.05) is 6.42 Å². The number of amides is 2. The summed E-state index contributed by atoms with van der Waals surface area (Å²) in [6.07, 6.45) is 2.18. The van der Waals surface area contributed by atoms with E-state index in [1.165, 1.54) is 5.48 Å². The highest BCUT2D eigenvalue weighted by molar-refractivity contribution is 5.91. The number of esters is 1. The van der Waals surface area contributed by atoms with Gasteiger partial charge in [-0.25, -0.2) is 10.3 Å². The Morgan fingerprint density at radius 3 is 2.30 bits per heavy atom. The highest BCUT2D eigenvalue weighted by atomic mass is 16.5. The lowest BCUT2D eigenvalue weighted by atomic mass is 9.90. The average molecular weight is 421 g/mol. The molecule has 0 saturated heterocycles. The normalized spacial score (nSPS) is 17.2. The fourth-order valence-corrected chi connectivity index (χ4v) is 3.71. The van der Waals surface area contributed by atoms with Gasteiger partial charge in [-0.2, -0.15) is 0 Å². The number of benzene rings is 1. The van der Waals surface area contributed by atoms with Crippen molar-refractivity contribution in [2.45, 2.75) is 70.6 Å². The van der Waals surface area contributed by atoms with Gasteiger partial charge in [-0.1, -0.05) is 44.2 Å². The SMILES string of the molecule is CC(C)CC(C(=O)NC(Cc1ccccc1)C(=O)OC1CCCC1)C(O)C(=O)NO. The van der Waals surface area contributed by atoms with Gasteiger partial charge in [-0.3, -0.25) is 14.8 Å². The van der Waals surface area contributed by atoms with Crippen LogP contribution >= 0.6 is 0 Å². The molecular weight excluding hydrogens is 388 g/mol. The molecule has 2 rings (SSSR count). The summed E-state index contributed by atoms with van der Waals surface area (Å²) < 4.78 is 5.60. The summed E-state index contributed by atoms with van der Waals surface area (Å²) in [5.74, 6) is -3.34. The molecule has 30 heavy (non-hydrogen) atoms. The van der Waals surface area contributed by atoms with E-state index < -0.39 is 35.8 Å². The predicted molar refractivity (Wildman–Crippen MR) is 109 cm³/mol. The van der Waals surface area contributed by atoms with E-state index in [2.05, 4.69) is 5.32 Å². The molecule has 0 aromatic heterocycles. The van der Waals surface area contributed by atoms with Gasteiger partial charge in [0.05, 0.1) is 5.92 Å². The maximum absolute atomic E-state index is 12.9. The van der Waals surface area contributed by atoms with Crippen LogP contribution in [0, 0.1) is 11.8 Å². The molecule has 0 spiro atoms. The number of carbonyl (C=O) groups is 3. The van der Waals surface area contributed by atoms with Crippen LogP contribution in [0.3, 0.4) is 0 Å². The second-order valence-corrected chi connectivity index (χ2v) is 8.25. The number of carbonyl (C=O) groups excluding carboxylic acids is 3. The van der Waals surface area contributed by atoms with Crippen molar-refractivity contribution in [3.8, 4) is 0 Å². The standard InChI is InChI=1S/C22H32N2O6/c1-14(2)12-17(19(25)21(27)24-29)20(26)23-18(13-15-8-4-3-5-9-15)22(28)30-16-10-6-7-11-16/h3-5,8-9,14,16-19,25,29H,6-7,10-13H2,1-2H3,(H,23,26)(H,24,27). The van der Waals surface area contributed by atoms with Gasteiger partial charge in [-0.15, -0.1) is 0 Å². The maximum Gasteiger partial charge on any atom is 0.329 e. The number of aliphatic hydroxyl groups is 1. The van der Waals surface area contributed by atoms with Crippen LogP contribution < -0.4 is 10.8 Å². The Morgan fingerprint density at radius 1 is 1.10 bits per heavy atom. The third-order valence-electron chi connectivity index (χ3n) is 5.29. The summed E-state index contributed by atoms with van der Waals surface area (Å²) in [6.45, 7) is 3.69. The van der Waals surface area contributed by atoms with Crippen LogP contribution in [0.1, 0.15) is 51.5 Å². The number of hydrogen-bond acceptors (Lipinski definition) is 6. The zero-order valence-electron chi connectivity index (χ0n) is 17.5. The molecule has 1 saturated carbocycles. The van der Waals surface area contributed by atoms with E-state index in [0.717, 1.165) is 31.2 Å². The number of aliphatic hydroxyl groups excluding tert-OH is 1. The molecule has 0 aliphatic heterocycles. The molecule has 4 N–H and O–H groups in total. The van der Waals surface area contributed by atoms with Crippen LogP contribution in [0.25, 0.3) is 0 Å². The summed E-state index contributed by atoms with van der Waals surface area (Å²) in [6, 6.07) is 8.29. The largest absolute Gasteiger partial charge is 0.461 e. The van der Waals surface area contributed by atoms with Crippen molar-refractivity contribution >= 4 is 17.8 Å². The van der Waals surface area contributed by atoms with E-state index in [1.807, 2.05) is 44.2 Å². The lowest BCUT2D eigenvalue weighted by molar-refractivity contribution is -0.154. The molecule has 1 aromatic rings. The number of rotatable bonds is 10. The van der Waals surface area contributed by atoms with Crippen molar-refractivity contribution < 1.29 is 29.4 Å². The van der Waals surface area contributed by atoms with Crippen LogP contribution in [0.15, 0.2) is 30.3 Å². The highest BCUT2D eigenvalue weighted by Gasteiger charge is 2.35. The van der Waals surface area contributed by atoms with Gasteiger partial charge in [0.25, 0.3) is 5.91 Å². The summed E-state index contributed by atoms with van der Waals surface area (Å²) in [5.41, 5.74) is 2.22. The van der Waals surface area contributed by atoms with Crippen molar-refractivity contribution in [1.82, 2.24) is 10.8 Å². The first-order valence-corrected chi connectivity index (χ1v) is 10.5. The van der Waals surface area contributed by atoms with Gasteiger partial charge < -0.3 is 15.2 Å². The Morgan fingerprint density at radius 2 is 1.73 bits per heavy atom. The topological polar surface area (TPSA) is 125 Å². The van der Waals surface area contributed by atoms with E-state index in [1.54, 1.807) is 0 Å².